The molecule has 0 aliphatic carbocycles. The van der Waals surface area contributed by atoms with Gasteiger partial charge in [-0.2, -0.15) is 0 Å². The first-order chi connectivity index (χ1) is 6.34. The van der Waals surface area contributed by atoms with Gasteiger partial charge in [-0.25, -0.2) is 0 Å². The lowest BCUT2D eigenvalue weighted by molar-refractivity contribution is 0.504. The molecule has 1 atom stereocenters. The molecule has 2 rings (SSSR count). The Bertz CT molecular complexity index is 295. The highest BCUT2D eigenvalue weighted by atomic mass is 32.2. The fourth-order valence-electron chi connectivity index (χ4n) is 1.15. The van der Waals surface area contributed by atoms with Crippen molar-refractivity contribution in [3.05, 3.63) is 24.2 Å². The van der Waals surface area contributed by atoms with E-state index in [-0.39, 0.29) is 0 Å². The lowest BCUT2D eigenvalue weighted by Gasteiger charge is -2.02. The Morgan fingerprint density at radius 3 is 3.31 bits per heavy atom. The van der Waals surface area contributed by atoms with Crippen LogP contribution in [-0.2, 0) is 6.54 Å². The Hall–Kier alpha value is -0.900. The van der Waals surface area contributed by atoms with Crippen LogP contribution in [0, 0.1) is 0 Å². The van der Waals surface area contributed by atoms with E-state index < -0.39 is 0 Å². The summed E-state index contributed by atoms with van der Waals surface area (Å²) in [5.41, 5.74) is 0. The zero-order valence-corrected chi connectivity index (χ0v) is 8.30. The van der Waals surface area contributed by atoms with Crippen LogP contribution in [0.4, 0.5) is 0 Å². The van der Waals surface area contributed by atoms with Crippen molar-refractivity contribution in [1.82, 2.24) is 5.32 Å². The number of aliphatic imine (C=N–C) groups is 1. The van der Waals surface area contributed by atoms with Gasteiger partial charge in [0, 0.05) is 5.25 Å². The molecule has 0 amide bonds. The van der Waals surface area contributed by atoms with Gasteiger partial charge in [0.1, 0.15) is 5.76 Å². The van der Waals surface area contributed by atoms with E-state index in [4.69, 9.17) is 4.42 Å². The molecule has 2 heterocycles. The third kappa shape index (κ3) is 2.28. The number of nitrogens with one attached hydrogen (secondary N) is 1. The molecule has 0 fully saturated rings. The lowest BCUT2D eigenvalue weighted by Crippen LogP contribution is -2.18. The van der Waals surface area contributed by atoms with Crippen molar-refractivity contribution in [2.75, 3.05) is 6.54 Å². The molecule has 0 spiro atoms. The summed E-state index contributed by atoms with van der Waals surface area (Å²) in [5, 5.41) is 4.88. The van der Waals surface area contributed by atoms with Crippen molar-refractivity contribution < 1.29 is 4.42 Å². The summed E-state index contributed by atoms with van der Waals surface area (Å²) in [6, 6.07) is 3.85. The molecule has 3 nitrogen and oxygen atoms in total. The second-order valence-corrected chi connectivity index (χ2v) is 4.43. The highest BCUT2D eigenvalue weighted by molar-refractivity contribution is 8.14. The molecule has 1 aliphatic heterocycles. The smallest absolute Gasteiger partial charge is 0.157 e. The molecule has 0 bridgehead atoms. The summed E-state index contributed by atoms with van der Waals surface area (Å²) in [5.74, 6) is 0.947. The van der Waals surface area contributed by atoms with Crippen LogP contribution in [0.15, 0.2) is 27.8 Å². The summed E-state index contributed by atoms with van der Waals surface area (Å²) < 4.78 is 5.19. The van der Waals surface area contributed by atoms with Crippen LogP contribution in [0.1, 0.15) is 12.7 Å². The van der Waals surface area contributed by atoms with Crippen molar-refractivity contribution in [3.63, 3.8) is 0 Å². The summed E-state index contributed by atoms with van der Waals surface area (Å²) in [6.45, 7) is 3.83. The van der Waals surface area contributed by atoms with Crippen LogP contribution in [0.2, 0.25) is 0 Å². The van der Waals surface area contributed by atoms with Crippen LogP contribution in [0.3, 0.4) is 0 Å². The normalized spacial score (nSPS) is 21.6. The number of thioether (sulfide) groups is 1. The molecule has 0 radical (unpaired) electrons. The molecule has 0 saturated carbocycles. The number of hydrogen-bond acceptors (Lipinski definition) is 4. The quantitative estimate of drug-likeness (QED) is 0.784. The minimum absolute atomic E-state index is 0.610. The van der Waals surface area contributed by atoms with Gasteiger partial charge < -0.3 is 9.73 Å². The Kier molecular flexibility index (Phi) is 2.59. The van der Waals surface area contributed by atoms with Crippen molar-refractivity contribution in [2.24, 2.45) is 4.99 Å². The molecular weight excluding hydrogens is 184 g/mol. The Labute approximate surface area is 81.6 Å². The Morgan fingerprint density at radius 2 is 2.69 bits per heavy atom. The van der Waals surface area contributed by atoms with Crippen LogP contribution in [0.5, 0.6) is 0 Å². The summed E-state index contributed by atoms with van der Waals surface area (Å²) in [7, 11) is 0. The van der Waals surface area contributed by atoms with Gasteiger partial charge in [0.15, 0.2) is 5.17 Å². The maximum absolute atomic E-state index is 5.19. The molecule has 1 aromatic rings. The first-order valence-corrected chi connectivity index (χ1v) is 5.20. The summed E-state index contributed by atoms with van der Waals surface area (Å²) in [6.07, 6.45) is 1.68. The van der Waals surface area contributed by atoms with E-state index in [9.17, 15) is 0 Å². The van der Waals surface area contributed by atoms with Crippen LogP contribution >= 0.6 is 11.8 Å². The molecule has 1 N–H and O–H groups in total. The van der Waals surface area contributed by atoms with Crippen molar-refractivity contribution >= 4 is 16.9 Å². The van der Waals surface area contributed by atoms with Crippen LogP contribution in [0.25, 0.3) is 0 Å². The van der Waals surface area contributed by atoms with Gasteiger partial charge in [-0.3, -0.25) is 4.99 Å². The fourth-order valence-corrected chi connectivity index (χ4v) is 1.98. The van der Waals surface area contributed by atoms with Gasteiger partial charge in [0.05, 0.1) is 19.4 Å². The molecule has 13 heavy (non-hydrogen) atoms. The van der Waals surface area contributed by atoms with Crippen molar-refractivity contribution in [3.8, 4) is 0 Å². The van der Waals surface area contributed by atoms with Gasteiger partial charge in [-0.15, -0.1) is 0 Å². The predicted octanol–water partition coefficient (Wildman–Crippen LogP) is 1.86. The van der Waals surface area contributed by atoms with Gasteiger partial charge in [0.2, 0.25) is 0 Å². The molecule has 1 unspecified atom stereocenters. The van der Waals surface area contributed by atoms with Crippen LogP contribution in [-0.4, -0.2) is 17.0 Å². The molecular formula is C9H12N2OS. The zero-order chi connectivity index (χ0) is 9.10. The lowest BCUT2D eigenvalue weighted by atomic mass is 10.4. The topological polar surface area (TPSA) is 37.5 Å². The minimum atomic E-state index is 0.610. The van der Waals surface area contributed by atoms with E-state index >= 15 is 0 Å². The average Bonchev–Trinajstić information content (AvgIpc) is 2.71. The number of rotatable bonds is 2. The summed E-state index contributed by atoms with van der Waals surface area (Å²) >= 11 is 1.78. The number of nitrogens with zero attached hydrogens (tertiary/aromatic N) is 1. The minimum Gasteiger partial charge on any atom is -0.467 e. The predicted molar refractivity (Wildman–Crippen MR) is 54.9 cm³/mol. The van der Waals surface area contributed by atoms with E-state index in [0.29, 0.717) is 5.25 Å². The molecule has 0 saturated heterocycles. The first kappa shape index (κ1) is 8.69. The van der Waals surface area contributed by atoms with Gasteiger partial charge >= 0.3 is 0 Å². The second kappa shape index (κ2) is 3.87. The largest absolute Gasteiger partial charge is 0.467 e. The standard InChI is InChI=1S/C9H12N2OS/c1-7-5-10-9(13-7)11-6-8-3-2-4-12-8/h2-4,7H,5-6H2,1H3,(H,10,11). The van der Waals surface area contributed by atoms with E-state index in [1.54, 1.807) is 18.0 Å². The SMILES string of the molecule is CC1CN=C(NCc2ccco2)S1. The molecule has 1 aromatic heterocycles. The van der Waals surface area contributed by atoms with E-state index in [1.165, 1.54) is 0 Å². The van der Waals surface area contributed by atoms with Gasteiger partial charge in [-0.05, 0) is 12.1 Å². The number of hydrogen-bond donors (Lipinski definition) is 1. The third-order valence-corrected chi connectivity index (χ3v) is 2.85. The molecule has 4 heteroatoms. The van der Waals surface area contributed by atoms with E-state index in [0.717, 1.165) is 24.0 Å². The zero-order valence-electron chi connectivity index (χ0n) is 7.49. The first-order valence-electron chi connectivity index (χ1n) is 4.32. The molecule has 0 aromatic carbocycles. The fraction of sp³-hybridized carbons (Fsp3) is 0.444. The number of furan rings is 1. The highest BCUT2D eigenvalue weighted by Crippen LogP contribution is 2.18. The number of amidine groups is 1. The molecule has 1 aliphatic rings. The van der Waals surface area contributed by atoms with Crippen LogP contribution < -0.4 is 5.32 Å². The maximum atomic E-state index is 5.19. The Morgan fingerprint density at radius 1 is 1.77 bits per heavy atom. The second-order valence-electron chi connectivity index (χ2n) is 3.01. The van der Waals surface area contributed by atoms with E-state index in [2.05, 4.69) is 17.2 Å². The maximum Gasteiger partial charge on any atom is 0.157 e. The van der Waals surface area contributed by atoms with E-state index in [1.807, 2.05) is 12.1 Å². The monoisotopic (exact) mass is 196 g/mol. The van der Waals surface area contributed by atoms with Crippen molar-refractivity contribution in [1.29, 1.82) is 0 Å². The van der Waals surface area contributed by atoms with Gasteiger partial charge in [-0.1, -0.05) is 18.7 Å². The van der Waals surface area contributed by atoms with Crippen molar-refractivity contribution in [2.45, 2.75) is 18.7 Å². The third-order valence-electron chi connectivity index (χ3n) is 1.80. The van der Waals surface area contributed by atoms with Gasteiger partial charge in [0.25, 0.3) is 0 Å². The average molecular weight is 196 g/mol. The Balaban J connectivity index is 1.81. The summed E-state index contributed by atoms with van der Waals surface area (Å²) in [4.78, 5) is 4.34. The highest BCUT2D eigenvalue weighted by Gasteiger charge is 2.14. The molecule has 70 valence electrons.